The molecule has 0 saturated heterocycles. The molecule has 3 heterocycles. The summed E-state index contributed by atoms with van der Waals surface area (Å²) in [6.07, 6.45) is 11.7. The van der Waals surface area contributed by atoms with E-state index in [1.54, 1.807) is 6.33 Å². The molecule has 31 heavy (non-hydrogen) atoms. The summed E-state index contributed by atoms with van der Waals surface area (Å²) < 4.78 is 9.78. The van der Waals surface area contributed by atoms with Crippen LogP contribution in [-0.4, -0.2) is 39.0 Å². The zero-order chi connectivity index (χ0) is 22.3. The summed E-state index contributed by atoms with van der Waals surface area (Å²) in [5, 5.41) is 14.9. The molecule has 3 aromatic rings. The molecule has 7 nitrogen and oxygen atoms in total. The van der Waals surface area contributed by atoms with Gasteiger partial charge in [0.25, 0.3) is 0 Å². The van der Waals surface area contributed by atoms with Crippen LogP contribution in [0.1, 0.15) is 32.6 Å². The quantitative estimate of drug-likeness (QED) is 0.282. The molecule has 0 radical (unpaired) electrons. The summed E-state index contributed by atoms with van der Waals surface area (Å²) in [6, 6.07) is 5.60. The second-order valence-corrected chi connectivity index (χ2v) is 15.0. The molecule has 8 heteroatoms. The van der Waals surface area contributed by atoms with E-state index in [1.807, 2.05) is 33.9 Å². The van der Waals surface area contributed by atoms with E-state index in [4.69, 9.17) is 4.74 Å². The highest BCUT2D eigenvalue weighted by atomic mass is 28.3. The first-order valence-corrected chi connectivity index (χ1v) is 14.9. The van der Waals surface area contributed by atoms with Crippen molar-refractivity contribution in [1.29, 1.82) is 5.26 Å². The maximum absolute atomic E-state index is 9.46. The van der Waals surface area contributed by atoms with E-state index in [9.17, 15) is 5.26 Å². The van der Waals surface area contributed by atoms with Gasteiger partial charge < -0.3 is 9.30 Å². The normalized spacial score (nSPS) is 12.9. The Hall–Kier alpha value is -2.50. The number of nitriles is 1. The third-order valence-electron chi connectivity index (χ3n) is 5.44. The number of unbranched alkanes of at least 4 members (excludes halogenated alkanes) is 2. The standard InChI is InChI=1S/C23H34N6OSi/c1-5-6-7-8-19(13-24)15-29-16-20(14-27-29)22-21-9-10-28(23(21)26-17-25-22)18-30-11-12-31(2,3)4/h9-10,14,16-17,19H,5-8,11-12,15,18H2,1-4H3. The topological polar surface area (TPSA) is 81.5 Å². The first-order valence-electron chi connectivity index (χ1n) is 11.2. The molecule has 1 atom stereocenters. The zero-order valence-electron chi connectivity index (χ0n) is 19.2. The minimum absolute atomic E-state index is 0.0147. The lowest BCUT2D eigenvalue weighted by molar-refractivity contribution is 0.0899. The summed E-state index contributed by atoms with van der Waals surface area (Å²) in [5.41, 5.74) is 2.66. The number of aromatic nitrogens is 5. The van der Waals surface area contributed by atoms with Gasteiger partial charge in [-0.25, -0.2) is 9.97 Å². The van der Waals surface area contributed by atoms with Gasteiger partial charge in [0.15, 0.2) is 0 Å². The maximum Gasteiger partial charge on any atom is 0.145 e. The van der Waals surface area contributed by atoms with Gasteiger partial charge in [0, 0.05) is 38.0 Å². The number of fused-ring (bicyclic) bond motifs is 1. The van der Waals surface area contributed by atoms with E-state index < -0.39 is 8.07 Å². The average molecular weight is 439 g/mol. The summed E-state index contributed by atoms with van der Waals surface area (Å²) in [7, 11) is -1.10. The van der Waals surface area contributed by atoms with Crippen molar-refractivity contribution in [2.24, 2.45) is 5.92 Å². The molecule has 0 aliphatic carbocycles. The van der Waals surface area contributed by atoms with Crippen molar-refractivity contribution in [2.45, 2.75) is 71.6 Å². The molecular formula is C23H34N6OSi. The molecule has 0 bridgehead atoms. The second kappa shape index (κ2) is 10.7. The Bertz CT molecular complexity index is 1010. The van der Waals surface area contributed by atoms with Crippen LogP contribution in [0.2, 0.25) is 25.7 Å². The second-order valence-electron chi connectivity index (χ2n) is 9.37. The van der Waals surface area contributed by atoms with Crippen LogP contribution in [0, 0.1) is 17.2 Å². The highest BCUT2D eigenvalue weighted by Gasteiger charge is 2.15. The van der Waals surface area contributed by atoms with Crippen LogP contribution in [0.4, 0.5) is 0 Å². The first kappa shape index (κ1) is 23.2. The van der Waals surface area contributed by atoms with Crippen molar-refractivity contribution < 1.29 is 4.74 Å². The molecule has 0 saturated carbocycles. The lowest BCUT2D eigenvalue weighted by atomic mass is 10.0. The van der Waals surface area contributed by atoms with Gasteiger partial charge >= 0.3 is 0 Å². The van der Waals surface area contributed by atoms with E-state index >= 15 is 0 Å². The molecule has 1 unspecified atom stereocenters. The van der Waals surface area contributed by atoms with Gasteiger partial charge in [0.2, 0.25) is 0 Å². The van der Waals surface area contributed by atoms with Gasteiger partial charge in [0.05, 0.1) is 30.4 Å². The van der Waals surface area contributed by atoms with Crippen LogP contribution >= 0.6 is 0 Å². The van der Waals surface area contributed by atoms with Crippen LogP contribution in [0.3, 0.4) is 0 Å². The lowest BCUT2D eigenvalue weighted by Gasteiger charge is -2.15. The van der Waals surface area contributed by atoms with Crippen LogP contribution < -0.4 is 0 Å². The summed E-state index contributed by atoms with van der Waals surface area (Å²) >= 11 is 0. The van der Waals surface area contributed by atoms with Gasteiger partial charge in [-0.2, -0.15) is 10.4 Å². The highest BCUT2D eigenvalue weighted by molar-refractivity contribution is 6.76. The smallest absolute Gasteiger partial charge is 0.145 e. The molecule has 0 aliphatic heterocycles. The Morgan fingerprint density at radius 1 is 1.23 bits per heavy atom. The number of hydrogen-bond donors (Lipinski definition) is 0. The van der Waals surface area contributed by atoms with Crippen molar-refractivity contribution in [2.75, 3.05) is 6.61 Å². The van der Waals surface area contributed by atoms with Gasteiger partial charge in [-0.3, -0.25) is 4.68 Å². The Labute approximate surface area is 186 Å². The Morgan fingerprint density at radius 2 is 2.06 bits per heavy atom. The van der Waals surface area contributed by atoms with Gasteiger partial charge in [0.1, 0.15) is 18.7 Å². The third-order valence-corrected chi connectivity index (χ3v) is 7.14. The molecule has 0 aromatic carbocycles. The molecule has 3 rings (SSSR count). The van der Waals surface area contributed by atoms with Gasteiger partial charge in [-0.1, -0.05) is 45.8 Å². The predicted octanol–water partition coefficient (Wildman–Crippen LogP) is 5.33. The van der Waals surface area contributed by atoms with Crippen LogP contribution in [0.5, 0.6) is 0 Å². The average Bonchev–Trinajstić information content (AvgIpc) is 3.37. The van der Waals surface area contributed by atoms with Crippen LogP contribution in [-0.2, 0) is 18.0 Å². The molecule has 0 amide bonds. The van der Waals surface area contributed by atoms with E-state index in [1.165, 1.54) is 6.42 Å². The van der Waals surface area contributed by atoms with Crippen molar-refractivity contribution >= 4 is 19.1 Å². The molecular weight excluding hydrogens is 404 g/mol. The van der Waals surface area contributed by atoms with E-state index in [2.05, 4.69) is 47.7 Å². The third kappa shape index (κ3) is 6.49. The highest BCUT2D eigenvalue weighted by Crippen LogP contribution is 2.26. The predicted molar refractivity (Wildman–Crippen MR) is 126 cm³/mol. The number of ether oxygens (including phenoxy) is 1. The number of hydrogen-bond acceptors (Lipinski definition) is 5. The fraction of sp³-hybridized carbons (Fsp3) is 0.565. The molecule has 166 valence electrons. The Kier molecular flexibility index (Phi) is 7.99. The van der Waals surface area contributed by atoms with E-state index in [0.29, 0.717) is 13.3 Å². The van der Waals surface area contributed by atoms with Crippen molar-refractivity contribution in [3.05, 3.63) is 31.0 Å². The number of nitrogens with zero attached hydrogens (tertiary/aromatic N) is 6. The summed E-state index contributed by atoms with van der Waals surface area (Å²) in [4.78, 5) is 8.99. The van der Waals surface area contributed by atoms with Crippen LogP contribution in [0.15, 0.2) is 31.0 Å². The maximum atomic E-state index is 9.46. The van der Waals surface area contributed by atoms with Crippen molar-refractivity contribution in [3.63, 3.8) is 0 Å². The Morgan fingerprint density at radius 3 is 2.81 bits per heavy atom. The fourth-order valence-corrected chi connectivity index (χ4v) is 4.28. The zero-order valence-corrected chi connectivity index (χ0v) is 20.2. The first-order chi connectivity index (χ1) is 14.9. The molecule has 0 fully saturated rings. The number of rotatable bonds is 12. The summed E-state index contributed by atoms with van der Waals surface area (Å²) in [6.45, 7) is 11.1. The van der Waals surface area contributed by atoms with Crippen molar-refractivity contribution in [3.8, 4) is 17.3 Å². The largest absolute Gasteiger partial charge is 0.361 e. The summed E-state index contributed by atoms with van der Waals surface area (Å²) in [5.74, 6) is -0.0147. The van der Waals surface area contributed by atoms with E-state index in [0.717, 1.165) is 54.2 Å². The SMILES string of the molecule is CCCCCC(C#N)Cn1cc(-c2ncnc3c2ccn3COCC[Si](C)(C)C)cn1. The molecule has 0 N–H and O–H groups in total. The van der Waals surface area contributed by atoms with Crippen molar-refractivity contribution in [1.82, 2.24) is 24.3 Å². The minimum Gasteiger partial charge on any atom is -0.361 e. The Balaban J connectivity index is 1.69. The lowest BCUT2D eigenvalue weighted by Crippen LogP contribution is -2.22. The van der Waals surface area contributed by atoms with Gasteiger partial charge in [-0.05, 0) is 18.5 Å². The molecule has 0 spiro atoms. The van der Waals surface area contributed by atoms with Gasteiger partial charge in [-0.15, -0.1) is 0 Å². The molecule has 3 aromatic heterocycles. The van der Waals surface area contributed by atoms with Crippen LogP contribution in [0.25, 0.3) is 22.3 Å². The molecule has 0 aliphatic rings. The minimum atomic E-state index is -1.10. The fourth-order valence-electron chi connectivity index (χ4n) is 3.53. The monoisotopic (exact) mass is 438 g/mol. The van der Waals surface area contributed by atoms with E-state index in [-0.39, 0.29) is 5.92 Å².